The number of benzene rings is 2. The van der Waals surface area contributed by atoms with Gasteiger partial charge in [0.2, 0.25) is 10.0 Å². The molecule has 0 spiro atoms. The van der Waals surface area contributed by atoms with E-state index in [2.05, 4.69) is 5.32 Å². The summed E-state index contributed by atoms with van der Waals surface area (Å²) in [7, 11) is -3.46. The van der Waals surface area contributed by atoms with E-state index in [4.69, 9.17) is 0 Å². The topological polar surface area (TPSA) is 70.9 Å². The van der Waals surface area contributed by atoms with E-state index in [1.54, 1.807) is 6.08 Å². The van der Waals surface area contributed by atoms with Gasteiger partial charge in [-0.2, -0.15) is 4.31 Å². The molecule has 7 heteroatoms. The van der Waals surface area contributed by atoms with E-state index in [0.29, 0.717) is 26.2 Å². The van der Waals surface area contributed by atoms with Crippen LogP contribution in [0.5, 0.6) is 0 Å². The molecule has 2 aromatic rings. The lowest BCUT2D eigenvalue weighted by atomic mass is 10.2. The van der Waals surface area contributed by atoms with Gasteiger partial charge in [0.1, 0.15) is 0 Å². The molecule has 1 atom stereocenters. The van der Waals surface area contributed by atoms with Crippen LogP contribution in [0.25, 0.3) is 6.08 Å². The number of rotatable bonds is 6. The average Bonchev–Trinajstić information content (AvgIpc) is 2.73. The zero-order valence-electron chi connectivity index (χ0n) is 15.9. The third-order valence-corrected chi connectivity index (χ3v) is 6.57. The van der Waals surface area contributed by atoms with E-state index in [1.807, 2.05) is 67.6 Å². The van der Waals surface area contributed by atoms with Crippen molar-refractivity contribution in [2.24, 2.45) is 0 Å². The molecule has 0 aromatic heterocycles. The third kappa shape index (κ3) is 5.28. The van der Waals surface area contributed by atoms with Gasteiger partial charge in [0.25, 0.3) is 5.91 Å². The summed E-state index contributed by atoms with van der Waals surface area (Å²) < 4.78 is 26.6. The van der Waals surface area contributed by atoms with Crippen molar-refractivity contribution in [2.45, 2.75) is 13.0 Å². The molecule has 1 aliphatic rings. The van der Waals surface area contributed by atoms with Crippen molar-refractivity contribution in [3.8, 4) is 0 Å². The Bertz CT molecular complexity index is 906. The van der Waals surface area contributed by atoms with Crippen molar-refractivity contribution in [3.63, 3.8) is 0 Å². The highest BCUT2D eigenvalue weighted by Crippen LogP contribution is 2.09. The van der Waals surface area contributed by atoms with Gasteiger partial charge >= 0.3 is 0 Å². The van der Waals surface area contributed by atoms with Gasteiger partial charge in [-0.05, 0) is 30.7 Å². The molecule has 2 aromatic carbocycles. The Hall–Kier alpha value is -2.48. The summed E-state index contributed by atoms with van der Waals surface area (Å²) in [6.45, 7) is 3.89. The second-order valence-corrected chi connectivity index (χ2v) is 8.71. The number of nitrogens with one attached hydrogen (secondary N) is 2. The van der Waals surface area contributed by atoms with Gasteiger partial charge in [-0.25, -0.2) is 8.42 Å². The molecule has 148 valence electrons. The monoisotopic (exact) mass is 400 g/mol. The van der Waals surface area contributed by atoms with Crippen LogP contribution in [-0.2, 0) is 14.8 Å². The van der Waals surface area contributed by atoms with Crippen LogP contribution in [0.4, 0.5) is 5.69 Å². The Labute approximate surface area is 166 Å². The molecule has 0 radical (unpaired) electrons. The SMILES string of the molecule is C[C@H](C(=O)Nc1ccccc1)[NH+]1CCN(S(=O)(=O)/C=C/c2ccccc2)CC1. The van der Waals surface area contributed by atoms with Crippen LogP contribution in [0.3, 0.4) is 0 Å². The highest BCUT2D eigenvalue weighted by atomic mass is 32.2. The van der Waals surface area contributed by atoms with Crippen LogP contribution in [0.15, 0.2) is 66.1 Å². The summed E-state index contributed by atoms with van der Waals surface area (Å²) in [6.07, 6.45) is 1.62. The maximum absolute atomic E-state index is 12.6. The lowest BCUT2D eigenvalue weighted by molar-refractivity contribution is -0.917. The fourth-order valence-electron chi connectivity index (χ4n) is 3.23. The summed E-state index contributed by atoms with van der Waals surface area (Å²) in [5, 5.41) is 4.18. The predicted octanol–water partition coefficient (Wildman–Crippen LogP) is 1.21. The van der Waals surface area contributed by atoms with Gasteiger partial charge < -0.3 is 10.2 Å². The fraction of sp³-hybridized carbons (Fsp3) is 0.286. The maximum atomic E-state index is 12.6. The van der Waals surface area contributed by atoms with Crippen LogP contribution < -0.4 is 10.2 Å². The van der Waals surface area contributed by atoms with Crippen molar-refractivity contribution in [1.29, 1.82) is 0 Å². The molecule has 1 heterocycles. The van der Waals surface area contributed by atoms with Crippen LogP contribution in [0.1, 0.15) is 12.5 Å². The van der Waals surface area contributed by atoms with Crippen LogP contribution >= 0.6 is 0 Å². The van der Waals surface area contributed by atoms with Gasteiger partial charge in [-0.15, -0.1) is 0 Å². The van der Waals surface area contributed by atoms with E-state index in [9.17, 15) is 13.2 Å². The first-order valence-corrected chi connectivity index (χ1v) is 10.9. The number of anilines is 1. The highest BCUT2D eigenvalue weighted by molar-refractivity contribution is 7.92. The molecule has 0 unspecified atom stereocenters. The molecule has 1 saturated heterocycles. The third-order valence-electron chi connectivity index (χ3n) is 5.00. The summed E-state index contributed by atoms with van der Waals surface area (Å²) >= 11 is 0. The molecular formula is C21H26N3O3S+. The molecule has 0 bridgehead atoms. The van der Waals surface area contributed by atoms with Crippen LogP contribution in [0, 0.1) is 0 Å². The zero-order valence-corrected chi connectivity index (χ0v) is 16.7. The quantitative estimate of drug-likeness (QED) is 0.766. The Morgan fingerprint density at radius 1 is 1.04 bits per heavy atom. The molecule has 1 aliphatic heterocycles. The Morgan fingerprint density at radius 2 is 1.61 bits per heavy atom. The minimum Gasteiger partial charge on any atom is -0.323 e. The Balaban J connectivity index is 1.54. The highest BCUT2D eigenvalue weighted by Gasteiger charge is 2.32. The van der Waals surface area contributed by atoms with Crippen molar-refractivity contribution in [3.05, 3.63) is 71.6 Å². The van der Waals surface area contributed by atoms with E-state index in [-0.39, 0.29) is 11.9 Å². The molecule has 3 rings (SSSR count). The number of carbonyl (C=O) groups excluding carboxylic acids is 1. The van der Waals surface area contributed by atoms with Crippen LogP contribution in [-0.4, -0.2) is 50.9 Å². The second kappa shape index (κ2) is 9.14. The lowest BCUT2D eigenvalue weighted by Crippen LogP contribution is -3.19. The summed E-state index contributed by atoms with van der Waals surface area (Å²) in [5.74, 6) is -0.0542. The Morgan fingerprint density at radius 3 is 2.21 bits per heavy atom. The minimum absolute atomic E-state index is 0.0542. The number of piperazine rings is 1. The van der Waals surface area contributed by atoms with Gasteiger partial charge in [-0.1, -0.05) is 48.5 Å². The van der Waals surface area contributed by atoms with Crippen molar-refractivity contribution in [1.82, 2.24) is 4.31 Å². The average molecular weight is 401 g/mol. The first-order chi connectivity index (χ1) is 13.5. The summed E-state index contributed by atoms with van der Waals surface area (Å²) in [6, 6.07) is 18.5. The molecule has 2 N–H and O–H groups in total. The number of hydrogen-bond donors (Lipinski definition) is 2. The largest absolute Gasteiger partial charge is 0.323 e. The van der Waals surface area contributed by atoms with Gasteiger partial charge in [0.05, 0.1) is 26.2 Å². The number of hydrogen-bond acceptors (Lipinski definition) is 3. The molecule has 28 heavy (non-hydrogen) atoms. The van der Waals surface area contributed by atoms with Gasteiger partial charge in [-0.3, -0.25) is 4.79 Å². The van der Waals surface area contributed by atoms with Gasteiger partial charge in [0.15, 0.2) is 6.04 Å². The van der Waals surface area contributed by atoms with E-state index in [1.165, 1.54) is 9.71 Å². The smallest absolute Gasteiger partial charge is 0.282 e. The minimum atomic E-state index is -3.46. The van der Waals surface area contributed by atoms with Crippen LogP contribution in [0.2, 0.25) is 0 Å². The first-order valence-electron chi connectivity index (χ1n) is 9.39. The van der Waals surface area contributed by atoms with Crippen molar-refractivity contribution < 1.29 is 18.1 Å². The predicted molar refractivity (Wildman–Crippen MR) is 111 cm³/mol. The molecule has 1 amide bonds. The maximum Gasteiger partial charge on any atom is 0.282 e. The van der Waals surface area contributed by atoms with E-state index in [0.717, 1.165) is 16.2 Å². The van der Waals surface area contributed by atoms with E-state index >= 15 is 0 Å². The zero-order chi connectivity index (χ0) is 20.0. The number of quaternary nitrogens is 1. The number of nitrogens with zero attached hydrogens (tertiary/aromatic N) is 1. The number of amides is 1. The van der Waals surface area contributed by atoms with E-state index < -0.39 is 10.0 Å². The van der Waals surface area contributed by atoms with Crippen molar-refractivity contribution in [2.75, 3.05) is 31.5 Å². The van der Waals surface area contributed by atoms with Crippen molar-refractivity contribution >= 4 is 27.7 Å². The lowest BCUT2D eigenvalue weighted by Gasteiger charge is -2.33. The fourth-order valence-corrected chi connectivity index (χ4v) is 4.43. The Kier molecular flexibility index (Phi) is 6.61. The number of para-hydroxylation sites is 1. The normalized spacial score (nSPS) is 17.5. The molecule has 1 fully saturated rings. The second-order valence-electron chi connectivity index (χ2n) is 6.89. The standard InChI is InChI=1S/C21H25N3O3S/c1-18(21(25)22-20-10-6-3-7-11-20)23-13-15-24(16-14-23)28(26,27)17-12-19-8-4-2-5-9-19/h2-12,17-18H,13-16H2,1H3,(H,22,25)/p+1/b17-12+/t18-/m1/s1. The van der Waals surface area contributed by atoms with Gasteiger partial charge in [0, 0.05) is 11.1 Å². The number of carbonyl (C=O) groups is 1. The first kappa shape index (κ1) is 20.3. The summed E-state index contributed by atoms with van der Waals surface area (Å²) in [5.41, 5.74) is 1.62. The molecule has 0 aliphatic carbocycles. The number of sulfonamides is 1. The molecule has 0 saturated carbocycles. The summed E-state index contributed by atoms with van der Waals surface area (Å²) in [4.78, 5) is 13.6. The molecule has 6 nitrogen and oxygen atoms in total. The molecular weight excluding hydrogens is 374 g/mol.